The Hall–Kier alpha value is -2.67. The number of carbonyl (C=O) groups excluding carboxylic acids is 1. The van der Waals surface area contributed by atoms with Crippen molar-refractivity contribution in [3.05, 3.63) is 59.9 Å². The van der Waals surface area contributed by atoms with Crippen LogP contribution in [0.2, 0.25) is 0 Å². The average molecular weight is 280 g/mol. The Morgan fingerprint density at radius 2 is 2.10 bits per heavy atom. The summed E-state index contributed by atoms with van der Waals surface area (Å²) in [6.45, 7) is 2.62. The Bertz CT molecular complexity index is 647. The van der Waals surface area contributed by atoms with E-state index in [2.05, 4.69) is 11.1 Å². The van der Waals surface area contributed by atoms with Crippen LogP contribution in [0.5, 0.6) is 5.75 Å². The van der Waals surface area contributed by atoms with Gasteiger partial charge in [-0.2, -0.15) is 5.26 Å². The first kappa shape index (κ1) is 14.7. The predicted octanol–water partition coefficient (Wildman–Crippen LogP) is 3.36. The molecular weight excluding hydrogens is 264 g/mol. The normalized spacial score (nSPS) is 11.4. The van der Waals surface area contributed by atoms with Gasteiger partial charge in [-0.15, -0.1) is 0 Å². The quantitative estimate of drug-likeness (QED) is 0.761. The van der Waals surface area contributed by atoms with Gasteiger partial charge in [-0.05, 0) is 36.2 Å². The SMILES string of the molecule is CCCOc1cccc(C(=O)C(C#N)c2ccncc2)c1. The lowest BCUT2D eigenvalue weighted by atomic mass is 9.92. The molecule has 0 bridgehead atoms. The molecule has 4 nitrogen and oxygen atoms in total. The van der Waals surface area contributed by atoms with E-state index >= 15 is 0 Å². The van der Waals surface area contributed by atoms with E-state index in [0.29, 0.717) is 23.5 Å². The lowest BCUT2D eigenvalue weighted by Gasteiger charge is -2.10. The molecule has 0 amide bonds. The minimum absolute atomic E-state index is 0.231. The highest BCUT2D eigenvalue weighted by Crippen LogP contribution is 2.22. The topological polar surface area (TPSA) is 63.0 Å². The molecule has 0 radical (unpaired) electrons. The van der Waals surface area contributed by atoms with Crippen LogP contribution in [0.1, 0.15) is 35.2 Å². The lowest BCUT2D eigenvalue weighted by Crippen LogP contribution is -2.11. The molecule has 0 aliphatic heterocycles. The molecule has 4 heteroatoms. The van der Waals surface area contributed by atoms with Crippen molar-refractivity contribution in [2.75, 3.05) is 6.61 Å². The molecule has 0 fully saturated rings. The second kappa shape index (κ2) is 7.20. The van der Waals surface area contributed by atoms with Crippen molar-refractivity contribution >= 4 is 5.78 Å². The number of nitriles is 1. The van der Waals surface area contributed by atoms with Gasteiger partial charge in [0.15, 0.2) is 5.78 Å². The molecular formula is C17H16N2O2. The third kappa shape index (κ3) is 3.67. The summed E-state index contributed by atoms with van der Waals surface area (Å²) >= 11 is 0. The summed E-state index contributed by atoms with van der Waals surface area (Å²) in [4.78, 5) is 16.4. The second-order valence-corrected chi connectivity index (χ2v) is 4.58. The van der Waals surface area contributed by atoms with Crippen LogP contribution in [-0.2, 0) is 0 Å². The van der Waals surface area contributed by atoms with Crippen molar-refractivity contribution in [3.8, 4) is 11.8 Å². The number of Topliss-reactive ketones (excluding diaryl/α,β-unsaturated/α-hetero) is 1. The molecule has 1 heterocycles. The highest BCUT2D eigenvalue weighted by molar-refractivity contribution is 6.03. The number of rotatable bonds is 6. The van der Waals surface area contributed by atoms with Crippen LogP contribution in [0.25, 0.3) is 0 Å². The highest BCUT2D eigenvalue weighted by Gasteiger charge is 2.21. The van der Waals surface area contributed by atoms with Gasteiger partial charge in [0.2, 0.25) is 0 Å². The fourth-order valence-electron chi connectivity index (χ4n) is 1.97. The Kier molecular flexibility index (Phi) is 5.05. The zero-order chi connectivity index (χ0) is 15.1. The number of hydrogen-bond acceptors (Lipinski definition) is 4. The summed E-state index contributed by atoms with van der Waals surface area (Å²) in [6, 6.07) is 12.4. The lowest BCUT2D eigenvalue weighted by molar-refractivity contribution is 0.0978. The smallest absolute Gasteiger partial charge is 0.184 e. The number of nitrogens with zero attached hydrogens (tertiary/aromatic N) is 2. The van der Waals surface area contributed by atoms with E-state index < -0.39 is 5.92 Å². The molecule has 0 saturated heterocycles. The van der Waals surface area contributed by atoms with Crippen LogP contribution in [0.4, 0.5) is 0 Å². The van der Waals surface area contributed by atoms with E-state index in [9.17, 15) is 10.1 Å². The Labute approximate surface area is 124 Å². The van der Waals surface area contributed by atoms with Gasteiger partial charge in [-0.3, -0.25) is 9.78 Å². The first-order valence-electron chi connectivity index (χ1n) is 6.83. The number of pyridine rings is 1. The van der Waals surface area contributed by atoms with Crippen molar-refractivity contribution < 1.29 is 9.53 Å². The van der Waals surface area contributed by atoms with E-state index in [1.54, 1.807) is 48.8 Å². The van der Waals surface area contributed by atoms with Crippen LogP contribution in [0.3, 0.4) is 0 Å². The van der Waals surface area contributed by atoms with E-state index in [-0.39, 0.29) is 5.78 Å². The summed E-state index contributed by atoms with van der Waals surface area (Å²) in [5.41, 5.74) is 1.13. The number of ether oxygens (including phenoxy) is 1. The van der Waals surface area contributed by atoms with Crippen LogP contribution in [0, 0.1) is 11.3 Å². The molecule has 0 aliphatic rings. The van der Waals surface area contributed by atoms with E-state index in [0.717, 1.165) is 6.42 Å². The van der Waals surface area contributed by atoms with Crippen LogP contribution in [-0.4, -0.2) is 17.4 Å². The predicted molar refractivity (Wildman–Crippen MR) is 79.1 cm³/mol. The fourth-order valence-corrected chi connectivity index (χ4v) is 1.97. The van der Waals surface area contributed by atoms with E-state index in [1.165, 1.54) is 0 Å². The van der Waals surface area contributed by atoms with Crippen LogP contribution in [0.15, 0.2) is 48.8 Å². The molecule has 0 N–H and O–H groups in total. The first-order valence-corrected chi connectivity index (χ1v) is 6.83. The molecule has 0 spiro atoms. The number of carbonyl (C=O) groups is 1. The maximum absolute atomic E-state index is 12.5. The maximum atomic E-state index is 12.5. The van der Waals surface area contributed by atoms with Crippen molar-refractivity contribution in [2.24, 2.45) is 0 Å². The molecule has 21 heavy (non-hydrogen) atoms. The maximum Gasteiger partial charge on any atom is 0.184 e. The highest BCUT2D eigenvalue weighted by atomic mass is 16.5. The number of benzene rings is 1. The molecule has 1 unspecified atom stereocenters. The summed E-state index contributed by atoms with van der Waals surface area (Å²) in [5.74, 6) is -0.408. The van der Waals surface area contributed by atoms with Gasteiger partial charge in [-0.25, -0.2) is 0 Å². The average Bonchev–Trinajstić information content (AvgIpc) is 2.55. The molecule has 1 aromatic carbocycles. The van der Waals surface area contributed by atoms with Gasteiger partial charge in [-0.1, -0.05) is 19.1 Å². The summed E-state index contributed by atoms with van der Waals surface area (Å²) in [6.07, 6.45) is 4.05. The van der Waals surface area contributed by atoms with Crippen molar-refractivity contribution in [1.29, 1.82) is 5.26 Å². The van der Waals surface area contributed by atoms with Gasteiger partial charge < -0.3 is 4.74 Å². The molecule has 1 aromatic heterocycles. The Morgan fingerprint density at radius 3 is 2.76 bits per heavy atom. The number of ketones is 1. The van der Waals surface area contributed by atoms with Gasteiger partial charge in [0.25, 0.3) is 0 Å². The van der Waals surface area contributed by atoms with Crippen LogP contribution >= 0.6 is 0 Å². The van der Waals surface area contributed by atoms with Gasteiger partial charge in [0.1, 0.15) is 11.7 Å². The Morgan fingerprint density at radius 1 is 1.33 bits per heavy atom. The Balaban J connectivity index is 2.24. The minimum Gasteiger partial charge on any atom is -0.494 e. The van der Waals surface area contributed by atoms with E-state index in [1.807, 2.05) is 6.92 Å². The first-order chi connectivity index (χ1) is 10.3. The van der Waals surface area contributed by atoms with Crippen molar-refractivity contribution in [1.82, 2.24) is 4.98 Å². The monoisotopic (exact) mass is 280 g/mol. The third-order valence-electron chi connectivity index (χ3n) is 3.02. The fraction of sp³-hybridized carbons (Fsp3) is 0.235. The molecule has 106 valence electrons. The van der Waals surface area contributed by atoms with Crippen LogP contribution < -0.4 is 4.74 Å². The molecule has 0 aliphatic carbocycles. The molecule has 0 saturated carbocycles. The van der Waals surface area contributed by atoms with Gasteiger partial charge >= 0.3 is 0 Å². The number of hydrogen-bond donors (Lipinski definition) is 0. The summed E-state index contributed by atoms with van der Waals surface area (Å²) in [5, 5.41) is 9.30. The molecule has 2 rings (SSSR count). The summed E-state index contributed by atoms with van der Waals surface area (Å²) < 4.78 is 5.52. The largest absolute Gasteiger partial charge is 0.494 e. The number of aromatic nitrogens is 1. The zero-order valence-electron chi connectivity index (χ0n) is 11.8. The van der Waals surface area contributed by atoms with Gasteiger partial charge in [0.05, 0.1) is 12.7 Å². The molecule has 1 atom stereocenters. The summed E-state index contributed by atoms with van der Waals surface area (Å²) in [7, 11) is 0. The third-order valence-corrected chi connectivity index (χ3v) is 3.02. The second-order valence-electron chi connectivity index (χ2n) is 4.58. The van der Waals surface area contributed by atoms with Gasteiger partial charge in [0, 0.05) is 18.0 Å². The van der Waals surface area contributed by atoms with E-state index in [4.69, 9.17) is 4.74 Å². The standard InChI is InChI=1S/C17H16N2O2/c1-2-10-21-15-5-3-4-14(11-15)17(20)16(12-18)13-6-8-19-9-7-13/h3-9,11,16H,2,10H2,1H3. The van der Waals surface area contributed by atoms with Crippen molar-refractivity contribution in [3.63, 3.8) is 0 Å². The zero-order valence-corrected chi connectivity index (χ0v) is 11.8. The minimum atomic E-state index is -0.825. The molecule has 2 aromatic rings. The van der Waals surface area contributed by atoms with Crippen molar-refractivity contribution in [2.45, 2.75) is 19.3 Å².